The predicted molar refractivity (Wildman–Crippen MR) is 137 cm³/mol. The van der Waals surface area contributed by atoms with Gasteiger partial charge in [0.25, 0.3) is 0 Å². The summed E-state index contributed by atoms with van der Waals surface area (Å²) in [7, 11) is 0. The topological polar surface area (TPSA) is 69.6 Å². The summed E-state index contributed by atoms with van der Waals surface area (Å²) in [4.78, 5) is 11.6. The van der Waals surface area contributed by atoms with Crippen LogP contribution in [-0.4, -0.2) is 28.8 Å². The average molecular weight is 468 g/mol. The lowest BCUT2D eigenvalue weighted by atomic mass is 9.93. The van der Waals surface area contributed by atoms with Gasteiger partial charge in [-0.25, -0.2) is 4.79 Å². The number of hydrogen-bond donors (Lipinski definition) is 3. The number of rotatable bonds is 10. The first kappa shape index (κ1) is 26.6. The molecule has 0 bridgehead atoms. The number of aromatic carboxylic acids is 1. The van der Waals surface area contributed by atoms with Gasteiger partial charge in [-0.15, -0.1) is 12.4 Å². The molecular formula is C28H34ClNO3. The van der Waals surface area contributed by atoms with E-state index in [2.05, 4.69) is 50.4 Å². The molecule has 0 aromatic heterocycles. The van der Waals surface area contributed by atoms with Gasteiger partial charge in [0, 0.05) is 12.6 Å². The Bertz CT molecular complexity index is 1020. The fourth-order valence-electron chi connectivity index (χ4n) is 3.96. The number of hydrogen-bond acceptors (Lipinski definition) is 3. The highest BCUT2D eigenvalue weighted by Crippen LogP contribution is 2.25. The normalized spacial score (nSPS) is 12.8. The van der Waals surface area contributed by atoms with E-state index < -0.39 is 12.1 Å². The Hall–Kier alpha value is -2.66. The van der Waals surface area contributed by atoms with E-state index in [0.29, 0.717) is 18.0 Å². The second kappa shape index (κ2) is 12.5. The highest BCUT2D eigenvalue weighted by Gasteiger charge is 2.13. The van der Waals surface area contributed by atoms with Crippen LogP contribution in [0, 0.1) is 5.92 Å². The van der Waals surface area contributed by atoms with Crippen molar-refractivity contribution >= 4 is 18.4 Å². The third-order valence-electron chi connectivity index (χ3n) is 5.64. The Morgan fingerprint density at radius 2 is 1.52 bits per heavy atom. The molecule has 3 aromatic carbocycles. The van der Waals surface area contributed by atoms with Crippen LogP contribution in [-0.2, 0) is 12.8 Å². The fourth-order valence-corrected chi connectivity index (χ4v) is 3.96. The minimum atomic E-state index is -0.874. The molecule has 0 radical (unpaired) electrons. The largest absolute Gasteiger partial charge is 0.478 e. The molecular weight excluding hydrogens is 434 g/mol. The molecule has 3 rings (SSSR count). The van der Waals surface area contributed by atoms with Gasteiger partial charge in [-0.1, -0.05) is 80.6 Å². The molecule has 0 amide bonds. The molecule has 176 valence electrons. The van der Waals surface area contributed by atoms with Gasteiger partial charge in [0.15, 0.2) is 0 Å². The Morgan fingerprint density at radius 3 is 2.12 bits per heavy atom. The van der Waals surface area contributed by atoms with Crippen LogP contribution >= 0.6 is 12.4 Å². The van der Waals surface area contributed by atoms with Crippen molar-refractivity contribution in [2.24, 2.45) is 5.92 Å². The standard InChI is InChI=1S/C28H33NO3.ClH/c1-19(2)15-25-17-24(13-14-26(25)28(31)32)22-11-9-21(10-12-22)16-20(3)29-18-27(30)23-7-5-4-6-8-23;/h4-14,17,19-20,27,29-30H,15-16,18H2,1-3H3,(H,31,32);1H/t20-,27+;/m1./s1. The molecule has 0 aliphatic rings. The summed E-state index contributed by atoms with van der Waals surface area (Å²) in [5, 5.41) is 23.2. The van der Waals surface area contributed by atoms with Crippen molar-refractivity contribution in [1.29, 1.82) is 0 Å². The molecule has 0 aliphatic heterocycles. The monoisotopic (exact) mass is 467 g/mol. The molecule has 2 atom stereocenters. The van der Waals surface area contributed by atoms with E-state index >= 15 is 0 Å². The lowest BCUT2D eigenvalue weighted by Crippen LogP contribution is -2.32. The van der Waals surface area contributed by atoms with Crippen LogP contribution < -0.4 is 5.32 Å². The van der Waals surface area contributed by atoms with E-state index in [0.717, 1.165) is 35.1 Å². The number of carboxylic acid groups (broad SMARTS) is 1. The van der Waals surface area contributed by atoms with Crippen LogP contribution in [0.1, 0.15) is 53.9 Å². The summed E-state index contributed by atoms with van der Waals surface area (Å²) < 4.78 is 0. The lowest BCUT2D eigenvalue weighted by molar-refractivity contribution is 0.0695. The zero-order chi connectivity index (χ0) is 23.1. The van der Waals surface area contributed by atoms with E-state index in [1.165, 1.54) is 5.56 Å². The lowest BCUT2D eigenvalue weighted by Gasteiger charge is -2.18. The van der Waals surface area contributed by atoms with Crippen LogP contribution in [0.3, 0.4) is 0 Å². The minimum absolute atomic E-state index is 0. The molecule has 0 unspecified atom stereocenters. The van der Waals surface area contributed by atoms with E-state index in [1.807, 2.05) is 42.5 Å². The second-order valence-electron chi connectivity index (χ2n) is 8.91. The van der Waals surface area contributed by atoms with Gasteiger partial charge in [0.2, 0.25) is 0 Å². The molecule has 0 fully saturated rings. The van der Waals surface area contributed by atoms with Gasteiger partial charge in [0.05, 0.1) is 11.7 Å². The van der Waals surface area contributed by atoms with Crippen LogP contribution in [0.4, 0.5) is 0 Å². The average Bonchev–Trinajstić information content (AvgIpc) is 2.78. The Labute approximate surface area is 203 Å². The molecule has 4 nitrogen and oxygen atoms in total. The zero-order valence-corrected chi connectivity index (χ0v) is 20.3. The molecule has 3 aromatic rings. The Kier molecular flexibility index (Phi) is 10.1. The van der Waals surface area contributed by atoms with Crippen LogP contribution in [0.2, 0.25) is 0 Å². The molecule has 5 heteroatoms. The summed E-state index contributed by atoms with van der Waals surface area (Å²) in [5.74, 6) is -0.485. The van der Waals surface area contributed by atoms with Gasteiger partial charge < -0.3 is 15.5 Å². The molecule has 3 N–H and O–H groups in total. The molecule has 0 saturated heterocycles. The van der Waals surface area contributed by atoms with Crippen molar-refractivity contribution in [3.63, 3.8) is 0 Å². The first-order valence-corrected chi connectivity index (χ1v) is 11.3. The Morgan fingerprint density at radius 1 is 0.879 bits per heavy atom. The number of carbonyl (C=O) groups is 1. The van der Waals surface area contributed by atoms with E-state index in [1.54, 1.807) is 6.07 Å². The van der Waals surface area contributed by atoms with Crippen molar-refractivity contribution in [3.8, 4) is 11.1 Å². The van der Waals surface area contributed by atoms with Crippen molar-refractivity contribution in [2.75, 3.05) is 6.54 Å². The van der Waals surface area contributed by atoms with Gasteiger partial charge >= 0.3 is 5.97 Å². The van der Waals surface area contributed by atoms with Crippen LogP contribution in [0.25, 0.3) is 11.1 Å². The minimum Gasteiger partial charge on any atom is -0.478 e. The van der Waals surface area contributed by atoms with Gasteiger partial charge in [-0.2, -0.15) is 0 Å². The summed E-state index contributed by atoms with van der Waals surface area (Å²) in [6.07, 6.45) is 1.08. The third-order valence-corrected chi connectivity index (χ3v) is 5.64. The maximum atomic E-state index is 11.6. The molecule has 0 saturated carbocycles. The summed E-state index contributed by atoms with van der Waals surface area (Å²) in [5.41, 5.74) is 5.51. The maximum Gasteiger partial charge on any atom is 0.335 e. The van der Waals surface area contributed by atoms with Gasteiger partial charge in [-0.05, 0) is 59.6 Å². The first-order valence-electron chi connectivity index (χ1n) is 11.3. The fraction of sp³-hybridized carbons (Fsp3) is 0.321. The van der Waals surface area contributed by atoms with E-state index in [9.17, 15) is 15.0 Å². The summed E-state index contributed by atoms with van der Waals surface area (Å²) in [6.45, 7) is 6.83. The number of carboxylic acids is 1. The van der Waals surface area contributed by atoms with Crippen molar-refractivity contribution in [2.45, 2.75) is 45.8 Å². The molecule has 0 heterocycles. The first-order chi connectivity index (χ1) is 15.3. The SMILES string of the molecule is CC(C)Cc1cc(-c2ccc(C[C@@H](C)NC[C@H](O)c3ccccc3)cc2)ccc1C(=O)O.Cl. The van der Waals surface area contributed by atoms with Crippen molar-refractivity contribution in [1.82, 2.24) is 5.32 Å². The van der Waals surface area contributed by atoms with E-state index in [4.69, 9.17) is 0 Å². The number of halogens is 1. The van der Waals surface area contributed by atoms with Crippen molar-refractivity contribution in [3.05, 3.63) is 95.1 Å². The van der Waals surface area contributed by atoms with Gasteiger partial charge in [-0.3, -0.25) is 0 Å². The predicted octanol–water partition coefficient (Wildman–Crippen LogP) is 5.93. The molecule has 0 aliphatic carbocycles. The van der Waals surface area contributed by atoms with Crippen LogP contribution in [0.5, 0.6) is 0 Å². The summed E-state index contributed by atoms with van der Waals surface area (Å²) >= 11 is 0. The smallest absolute Gasteiger partial charge is 0.335 e. The highest BCUT2D eigenvalue weighted by atomic mass is 35.5. The molecule has 0 spiro atoms. The maximum absolute atomic E-state index is 11.6. The number of nitrogens with one attached hydrogen (secondary N) is 1. The third kappa shape index (κ3) is 7.71. The quantitative estimate of drug-likeness (QED) is 0.346. The highest BCUT2D eigenvalue weighted by molar-refractivity contribution is 5.90. The summed E-state index contributed by atoms with van der Waals surface area (Å²) in [6, 6.07) is 24.0. The van der Waals surface area contributed by atoms with Crippen molar-refractivity contribution < 1.29 is 15.0 Å². The Balaban J connectivity index is 0.00000385. The van der Waals surface area contributed by atoms with E-state index in [-0.39, 0.29) is 18.4 Å². The van der Waals surface area contributed by atoms with Crippen LogP contribution in [0.15, 0.2) is 72.8 Å². The number of aliphatic hydroxyl groups is 1. The number of aliphatic hydroxyl groups excluding tert-OH is 1. The molecule has 33 heavy (non-hydrogen) atoms. The second-order valence-corrected chi connectivity index (χ2v) is 8.91. The zero-order valence-electron chi connectivity index (χ0n) is 19.5. The number of benzene rings is 3. The van der Waals surface area contributed by atoms with Gasteiger partial charge in [0.1, 0.15) is 0 Å².